The van der Waals surface area contributed by atoms with Crippen LogP contribution < -0.4 is 9.64 Å². The molecule has 0 spiro atoms. The van der Waals surface area contributed by atoms with E-state index in [4.69, 9.17) is 0 Å². The van der Waals surface area contributed by atoms with Crippen molar-refractivity contribution in [2.45, 2.75) is 11.3 Å². The normalized spacial score (nSPS) is 11.9. The standard InChI is InChI=1S/C16H13BrF3NO4S/c1-21(11-4-6-12(7-5-11)26(2,23)24)15(22)10-3-8-13(17)14(9-10)25-16(18,19)20/h3-9H,1-2H3. The molecule has 0 aliphatic heterocycles. The second-order valence-electron chi connectivity index (χ2n) is 5.32. The van der Waals surface area contributed by atoms with Crippen molar-refractivity contribution in [3.63, 3.8) is 0 Å². The minimum absolute atomic E-state index is 0.0258. The van der Waals surface area contributed by atoms with Crippen molar-refractivity contribution >= 4 is 37.4 Å². The fraction of sp³-hybridized carbons (Fsp3) is 0.188. The number of sulfone groups is 1. The van der Waals surface area contributed by atoms with Gasteiger partial charge in [0.15, 0.2) is 9.84 Å². The van der Waals surface area contributed by atoms with Crippen molar-refractivity contribution in [2.24, 2.45) is 0 Å². The van der Waals surface area contributed by atoms with Crippen LogP contribution in [0.2, 0.25) is 0 Å². The van der Waals surface area contributed by atoms with Gasteiger partial charge in [0.1, 0.15) is 5.75 Å². The van der Waals surface area contributed by atoms with E-state index in [1.807, 2.05) is 0 Å². The van der Waals surface area contributed by atoms with Gasteiger partial charge in [0.2, 0.25) is 0 Å². The summed E-state index contributed by atoms with van der Waals surface area (Å²) in [4.78, 5) is 13.8. The van der Waals surface area contributed by atoms with Crippen molar-refractivity contribution < 1.29 is 31.1 Å². The van der Waals surface area contributed by atoms with E-state index >= 15 is 0 Å². The fourth-order valence-corrected chi connectivity index (χ4v) is 3.03. The van der Waals surface area contributed by atoms with Crippen LogP contribution in [0.4, 0.5) is 18.9 Å². The summed E-state index contributed by atoms with van der Waals surface area (Å²) in [5.74, 6) is -1.12. The van der Waals surface area contributed by atoms with Gasteiger partial charge < -0.3 is 9.64 Å². The van der Waals surface area contributed by atoms with Gasteiger partial charge in [0.25, 0.3) is 5.91 Å². The first kappa shape index (κ1) is 20.2. The first-order valence-electron chi connectivity index (χ1n) is 7.02. The van der Waals surface area contributed by atoms with E-state index in [0.717, 1.165) is 12.3 Å². The van der Waals surface area contributed by atoms with Gasteiger partial charge in [-0.05, 0) is 58.4 Å². The highest BCUT2D eigenvalue weighted by Gasteiger charge is 2.32. The summed E-state index contributed by atoms with van der Waals surface area (Å²) >= 11 is 2.93. The summed E-state index contributed by atoms with van der Waals surface area (Å²) in [7, 11) is -1.96. The summed E-state index contributed by atoms with van der Waals surface area (Å²) in [6, 6.07) is 9.14. The number of halogens is 4. The number of anilines is 1. The van der Waals surface area contributed by atoms with Gasteiger partial charge in [-0.3, -0.25) is 4.79 Å². The Hall–Kier alpha value is -2.07. The lowest BCUT2D eigenvalue weighted by atomic mass is 10.1. The van der Waals surface area contributed by atoms with Crippen molar-refractivity contribution in [3.8, 4) is 5.75 Å². The molecule has 0 unspecified atom stereocenters. The molecule has 26 heavy (non-hydrogen) atoms. The second-order valence-corrected chi connectivity index (χ2v) is 8.19. The maximum Gasteiger partial charge on any atom is 0.573 e. The fourth-order valence-electron chi connectivity index (χ4n) is 2.07. The summed E-state index contributed by atoms with van der Waals surface area (Å²) < 4.78 is 64.1. The van der Waals surface area contributed by atoms with Gasteiger partial charge >= 0.3 is 6.36 Å². The number of carbonyl (C=O) groups excluding carboxylic acids is 1. The van der Waals surface area contributed by atoms with Crippen LogP contribution in [0.5, 0.6) is 5.75 Å². The predicted molar refractivity (Wildman–Crippen MR) is 93.1 cm³/mol. The summed E-state index contributed by atoms with van der Waals surface area (Å²) in [6.45, 7) is 0. The Morgan fingerprint density at radius 2 is 1.69 bits per heavy atom. The molecule has 0 bridgehead atoms. The molecule has 0 atom stereocenters. The van der Waals surface area contributed by atoms with E-state index in [2.05, 4.69) is 20.7 Å². The number of benzene rings is 2. The molecule has 0 aromatic heterocycles. The monoisotopic (exact) mass is 451 g/mol. The van der Waals surface area contributed by atoms with Gasteiger partial charge in [-0.1, -0.05) is 0 Å². The highest BCUT2D eigenvalue weighted by Crippen LogP contribution is 2.32. The van der Waals surface area contributed by atoms with Crippen LogP contribution in [-0.2, 0) is 9.84 Å². The Labute approximate surface area is 156 Å². The first-order chi connectivity index (χ1) is 11.9. The first-order valence-corrected chi connectivity index (χ1v) is 9.70. The number of ether oxygens (including phenoxy) is 1. The van der Waals surface area contributed by atoms with Crippen LogP contribution in [0.25, 0.3) is 0 Å². The number of hydrogen-bond donors (Lipinski definition) is 0. The lowest BCUT2D eigenvalue weighted by Crippen LogP contribution is -2.26. The van der Waals surface area contributed by atoms with E-state index in [1.54, 1.807) is 0 Å². The molecule has 1 amide bonds. The smallest absolute Gasteiger partial charge is 0.405 e. The highest BCUT2D eigenvalue weighted by atomic mass is 79.9. The molecule has 10 heteroatoms. The zero-order chi connectivity index (χ0) is 19.7. The van der Waals surface area contributed by atoms with E-state index in [-0.39, 0.29) is 14.9 Å². The summed E-state index contributed by atoms with van der Waals surface area (Å²) in [6.07, 6.45) is -3.83. The molecule has 0 heterocycles. The van der Waals surface area contributed by atoms with Gasteiger partial charge in [-0.25, -0.2) is 8.42 Å². The van der Waals surface area contributed by atoms with Gasteiger partial charge in [-0.2, -0.15) is 0 Å². The summed E-state index contributed by atoms with van der Waals surface area (Å²) in [5.41, 5.74) is 0.353. The number of nitrogens with zero attached hydrogens (tertiary/aromatic N) is 1. The predicted octanol–water partition coefficient (Wildman–Crippen LogP) is 4.03. The number of amides is 1. The molecule has 2 aromatic carbocycles. The van der Waals surface area contributed by atoms with Crippen molar-refractivity contribution in [1.29, 1.82) is 0 Å². The Kier molecular flexibility index (Phi) is 5.67. The minimum Gasteiger partial charge on any atom is -0.405 e. The van der Waals surface area contributed by atoms with Crippen LogP contribution >= 0.6 is 15.9 Å². The molecule has 0 N–H and O–H groups in total. The molecule has 0 saturated carbocycles. The van der Waals surface area contributed by atoms with Crippen LogP contribution in [0, 0.1) is 0 Å². The molecule has 140 valence electrons. The number of rotatable bonds is 4. The zero-order valence-corrected chi connectivity index (χ0v) is 15.9. The molecule has 2 rings (SSSR count). The molecule has 0 aliphatic carbocycles. The van der Waals surface area contributed by atoms with Crippen molar-refractivity contribution in [1.82, 2.24) is 0 Å². The average Bonchev–Trinajstić information content (AvgIpc) is 2.53. The Morgan fingerprint density at radius 1 is 1.12 bits per heavy atom. The number of hydrogen-bond acceptors (Lipinski definition) is 4. The molecule has 0 radical (unpaired) electrons. The third-order valence-corrected chi connectivity index (χ3v) is 5.14. The topological polar surface area (TPSA) is 63.7 Å². The summed E-state index contributed by atoms with van der Waals surface area (Å²) in [5, 5.41) is 0. The molecule has 0 saturated heterocycles. The SMILES string of the molecule is CN(C(=O)c1ccc(Br)c(OC(F)(F)F)c1)c1ccc(S(C)(=O)=O)cc1. The third-order valence-electron chi connectivity index (χ3n) is 3.36. The lowest BCUT2D eigenvalue weighted by molar-refractivity contribution is -0.274. The van der Waals surface area contributed by atoms with Crippen LogP contribution in [0.1, 0.15) is 10.4 Å². The minimum atomic E-state index is -4.89. The molecule has 2 aromatic rings. The maximum atomic E-state index is 12.5. The third kappa shape index (κ3) is 4.98. The lowest BCUT2D eigenvalue weighted by Gasteiger charge is -2.19. The Morgan fingerprint density at radius 3 is 2.19 bits per heavy atom. The van der Waals surface area contributed by atoms with Gasteiger partial charge in [-0.15, -0.1) is 13.2 Å². The van der Waals surface area contributed by atoms with E-state index in [1.165, 1.54) is 48.3 Å². The average molecular weight is 452 g/mol. The maximum absolute atomic E-state index is 12.5. The molecule has 0 aliphatic rings. The Bertz CT molecular complexity index is 928. The largest absolute Gasteiger partial charge is 0.573 e. The highest BCUT2D eigenvalue weighted by molar-refractivity contribution is 9.10. The van der Waals surface area contributed by atoms with Crippen LogP contribution in [0.3, 0.4) is 0 Å². The van der Waals surface area contributed by atoms with Gasteiger partial charge in [0, 0.05) is 24.6 Å². The molecule has 5 nitrogen and oxygen atoms in total. The molecular formula is C16H13BrF3NO4S. The quantitative estimate of drug-likeness (QED) is 0.703. The molecule has 0 fully saturated rings. The van der Waals surface area contributed by atoms with E-state index < -0.39 is 27.9 Å². The second kappa shape index (κ2) is 7.28. The zero-order valence-electron chi connectivity index (χ0n) is 13.5. The van der Waals surface area contributed by atoms with Crippen LogP contribution in [0.15, 0.2) is 51.8 Å². The Balaban J connectivity index is 2.29. The number of carbonyl (C=O) groups is 1. The van der Waals surface area contributed by atoms with Crippen molar-refractivity contribution in [2.75, 3.05) is 18.2 Å². The van der Waals surface area contributed by atoms with Crippen LogP contribution in [-0.4, -0.2) is 34.0 Å². The van der Waals surface area contributed by atoms with E-state index in [9.17, 15) is 26.4 Å². The molecular weight excluding hydrogens is 439 g/mol. The number of alkyl halides is 3. The van der Waals surface area contributed by atoms with Crippen molar-refractivity contribution in [3.05, 3.63) is 52.5 Å². The van der Waals surface area contributed by atoms with E-state index in [0.29, 0.717) is 5.69 Å². The van der Waals surface area contributed by atoms with Gasteiger partial charge in [0.05, 0.1) is 9.37 Å².